The number of nitrogens with one attached hydrogen (secondary N) is 2. The van der Waals surface area contributed by atoms with Crippen molar-refractivity contribution in [3.63, 3.8) is 0 Å². The Kier molecular flexibility index (Phi) is 5.18. The largest absolute Gasteiger partial charge is 0.493 e. The van der Waals surface area contributed by atoms with Gasteiger partial charge in [-0.3, -0.25) is 0 Å². The van der Waals surface area contributed by atoms with Crippen molar-refractivity contribution in [3.05, 3.63) is 65.2 Å². The fourth-order valence-corrected chi connectivity index (χ4v) is 2.85. The Morgan fingerprint density at radius 2 is 1.84 bits per heavy atom. The normalized spacial score (nSPS) is 15.6. The van der Waals surface area contributed by atoms with Crippen molar-refractivity contribution < 1.29 is 19.4 Å². The highest BCUT2D eigenvalue weighted by molar-refractivity contribution is 5.87. The molecule has 2 aromatic rings. The maximum absolute atomic E-state index is 12.0. The van der Waals surface area contributed by atoms with Crippen LogP contribution in [0.25, 0.3) is 0 Å². The summed E-state index contributed by atoms with van der Waals surface area (Å²) in [5, 5.41) is 14.5. The monoisotopic (exact) mass is 340 g/mol. The zero-order valence-electron chi connectivity index (χ0n) is 13.7. The first-order valence-corrected chi connectivity index (χ1v) is 8.19. The number of hydrogen-bond acceptors (Lipinski definition) is 3. The number of urea groups is 1. The first kappa shape index (κ1) is 16.8. The van der Waals surface area contributed by atoms with E-state index in [4.69, 9.17) is 9.84 Å². The highest BCUT2D eigenvalue weighted by Gasteiger charge is 2.21. The van der Waals surface area contributed by atoms with Gasteiger partial charge in [-0.05, 0) is 35.7 Å². The summed E-state index contributed by atoms with van der Waals surface area (Å²) in [5.74, 6) is 0.166. The number of hydrogen-bond donors (Lipinski definition) is 3. The van der Waals surface area contributed by atoms with Crippen molar-refractivity contribution in [3.8, 4) is 5.75 Å². The number of carboxylic acid groups (broad SMARTS) is 1. The highest BCUT2D eigenvalue weighted by atomic mass is 16.5. The van der Waals surface area contributed by atoms with Crippen LogP contribution in [0.3, 0.4) is 0 Å². The Morgan fingerprint density at radius 3 is 2.60 bits per heavy atom. The van der Waals surface area contributed by atoms with E-state index in [1.807, 2.05) is 24.3 Å². The molecule has 0 bridgehead atoms. The van der Waals surface area contributed by atoms with Crippen LogP contribution in [0.4, 0.5) is 4.79 Å². The molecule has 3 N–H and O–H groups in total. The molecule has 0 fully saturated rings. The third-order valence-corrected chi connectivity index (χ3v) is 4.25. The van der Waals surface area contributed by atoms with Crippen LogP contribution in [0.5, 0.6) is 5.75 Å². The number of fused-ring (bicyclic) bond motifs is 1. The average Bonchev–Trinajstić information content (AvgIpc) is 2.65. The van der Waals surface area contributed by atoms with Gasteiger partial charge in [0.2, 0.25) is 0 Å². The van der Waals surface area contributed by atoms with E-state index >= 15 is 0 Å². The van der Waals surface area contributed by atoms with Crippen molar-refractivity contribution in [2.45, 2.75) is 18.9 Å². The van der Waals surface area contributed by atoms with Crippen LogP contribution >= 0.6 is 0 Å². The molecule has 2 amide bonds. The predicted octanol–water partition coefficient (Wildman–Crippen LogP) is 2.75. The van der Waals surface area contributed by atoms with Crippen LogP contribution in [-0.2, 0) is 6.54 Å². The van der Waals surface area contributed by atoms with Crippen LogP contribution in [0.2, 0.25) is 0 Å². The van der Waals surface area contributed by atoms with Crippen LogP contribution in [-0.4, -0.2) is 30.3 Å². The van der Waals surface area contributed by atoms with Crippen molar-refractivity contribution in [2.24, 2.45) is 0 Å². The number of ether oxygens (including phenoxy) is 1. The van der Waals surface area contributed by atoms with E-state index in [0.717, 1.165) is 23.3 Å². The predicted molar refractivity (Wildman–Crippen MR) is 92.9 cm³/mol. The van der Waals surface area contributed by atoms with Crippen molar-refractivity contribution >= 4 is 12.0 Å². The summed E-state index contributed by atoms with van der Waals surface area (Å²) >= 11 is 0. The van der Waals surface area contributed by atoms with Gasteiger partial charge in [-0.2, -0.15) is 0 Å². The summed E-state index contributed by atoms with van der Waals surface area (Å²) in [7, 11) is 0. The van der Waals surface area contributed by atoms with Crippen molar-refractivity contribution in [2.75, 3.05) is 13.2 Å². The van der Waals surface area contributed by atoms with Gasteiger partial charge in [-0.25, -0.2) is 9.59 Å². The maximum Gasteiger partial charge on any atom is 0.335 e. The van der Waals surface area contributed by atoms with E-state index in [2.05, 4.69) is 10.6 Å². The smallest absolute Gasteiger partial charge is 0.335 e. The number of rotatable bonds is 5. The van der Waals surface area contributed by atoms with E-state index in [1.54, 1.807) is 12.1 Å². The first-order valence-electron chi connectivity index (χ1n) is 8.19. The van der Waals surface area contributed by atoms with Gasteiger partial charge in [0.05, 0.1) is 12.2 Å². The van der Waals surface area contributed by atoms with Crippen LogP contribution in [0.1, 0.15) is 33.8 Å². The van der Waals surface area contributed by atoms with Crippen molar-refractivity contribution in [1.82, 2.24) is 10.6 Å². The number of carbonyl (C=O) groups excluding carboxylic acids is 1. The van der Waals surface area contributed by atoms with E-state index in [0.29, 0.717) is 19.7 Å². The number of amides is 2. The Labute approximate surface area is 145 Å². The summed E-state index contributed by atoms with van der Waals surface area (Å²) in [4.78, 5) is 22.8. The molecule has 0 saturated heterocycles. The lowest BCUT2D eigenvalue weighted by atomic mass is 9.93. The minimum absolute atomic E-state index is 0.228. The van der Waals surface area contributed by atoms with Crippen molar-refractivity contribution in [1.29, 1.82) is 0 Å². The molecule has 1 unspecified atom stereocenters. The van der Waals surface area contributed by atoms with Gasteiger partial charge in [0.1, 0.15) is 5.75 Å². The average molecular weight is 340 g/mol. The van der Waals surface area contributed by atoms with Crippen LogP contribution in [0.15, 0.2) is 48.5 Å². The molecule has 1 aliphatic rings. The fraction of sp³-hybridized carbons (Fsp3) is 0.263. The summed E-state index contributed by atoms with van der Waals surface area (Å²) < 4.78 is 5.62. The molecule has 0 spiro atoms. The Morgan fingerprint density at radius 1 is 1.08 bits per heavy atom. The lowest BCUT2D eigenvalue weighted by Gasteiger charge is -2.26. The van der Waals surface area contributed by atoms with E-state index in [9.17, 15) is 9.59 Å². The molecule has 0 saturated carbocycles. The van der Waals surface area contributed by atoms with E-state index in [-0.39, 0.29) is 17.5 Å². The molecule has 2 aromatic carbocycles. The second-order valence-electron chi connectivity index (χ2n) is 5.94. The zero-order valence-corrected chi connectivity index (χ0v) is 13.7. The third-order valence-electron chi connectivity index (χ3n) is 4.25. The summed E-state index contributed by atoms with van der Waals surface area (Å²) in [6, 6.07) is 14.1. The molecule has 0 radical (unpaired) electrons. The third kappa shape index (κ3) is 4.29. The van der Waals surface area contributed by atoms with Gasteiger partial charge in [-0.15, -0.1) is 0 Å². The summed E-state index contributed by atoms with van der Waals surface area (Å²) in [5.41, 5.74) is 2.20. The Hall–Kier alpha value is -3.02. The minimum atomic E-state index is -0.964. The molecule has 6 nitrogen and oxygen atoms in total. The quantitative estimate of drug-likeness (QED) is 0.781. The number of aromatic carboxylic acids is 1. The van der Waals surface area contributed by atoms with Gasteiger partial charge in [0, 0.05) is 19.0 Å². The molecule has 25 heavy (non-hydrogen) atoms. The number of carbonyl (C=O) groups is 2. The Bertz CT molecular complexity index is 758. The van der Waals surface area contributed by atoms with Gasteiger partial charge < -0.3 is 20.5 Å². The molecule has 6 heteroatoms. The summed E-state index contributed by atoms with van der Waals surface area (Å²) in [6.45, 7) is 1.54. The lowest BCUT2D eigenvalue weighted by Crippen LogP contribution is -2.38. The molecular formula is C19H20N2O4. The molecule has 1 atom stereocenters. The number of para-hydroxylation sites is 1. The number of carboxylic acids is 1. The maximum atomic E-state index is 12.0. The standard InChI is InChI=1S/C19H20N2O4/c22-18(23)14-7-5-13(6-8-14)11-20-19(24)21-12-15-9-10-25-17-4-2-1-3-16(15)17/h1-8,15H,9-12H2,(H,22,23)(H2,20,21,24). The van der Waals surface area contributed by atoms with E-state index in [1.165, 1.54) is 12.1 Å². The van der Waals surface area contributed by atoms with Gasteiger partial charge in [0.25, 0.3) is 0 Å². The second-order valence-corrected chi connectivity index (χ2v) is 5.94. The number of benzene rings is 2. The molecule has 3 rings (SSSR count). The fourth-order valence-electron chi connectivity index (χ4n) is 2.85. The second kappa shape index (κ2) is 7.70. The molecule has 0 aliphatic carbocycles. The molecule has 1 heterocycles. The van der Waals surface area contributed by atoms with E-state index < -0.39 is 5.97 Å². The lowest BCUT2D eigenvalue weighted by molar-refractivity contribution is 0.0697. The molecule has 0 aromatic heterocycles. The first-order chi connectivity index (χ1) is 12.1. The molecule has 1 aliphatic heterocycles. The van der Waals surface area contributed by atoms with Gasteiger partial charge in [0.15, 0.2) is 0 Å². The molecule has 130 valence electrons. The van der Waals surface area contributed by atoms with Crippen LogP contribution in [0, 0.1) is 0 Å². The topological polar surface area (TPSA) is 87.7 Å². The van der Waals surface area contributed by atoms with Gasteiger partial charge in [-0.1, -0.05) is 30.3 Å². The van der Waals surface area contributed by atoms with Crippen LogP contribution < -0.4 is 15.4 Å². The van der Waals surface area contributed by atoms with Gasteiger partial charge >= 0.3 is 12.0 Å². The SMILES string of the molecule is O=C(NCc1ccc(C(=O)O)cc1)NCC1CCOc2ccccc21. The summed E-state index contributed by atoms with van der Waals surface area (Å²) in [6.07, 6.45) is 0.869. The highest BCUT2D eigenvalue weighted by Crippen LogP contribution is 2.32. The molecular weight excluding hydrogens is 320 g/mol. The Balaban J connectivity index is 1.48. The minimum Gasteiger partial charge on any atom is -0.493 e. The zero-order chi connectivity index (χ0) is 17.6.